The van der Waals surface area contributed by atoms with Crippen LogP contribution in [0.3, 0.4) is 0 Å². The molecule has 1 aliphatic heterocycles. The highest BCUT2D eigenvalue weighted by Crippen LogP contribution is 2.27. The molecule has 1 saturated heterocycles. The molecule has 0 radical (unpaired) electrons. The van der Waals surface area contributed by atoms with E-state index in [1.807, 2.05) is 18.2 Å². The Labute approximate surface area is 163 Å². The first-order valence-electron chi connectivity index (χ1n) is 8.76. The summed E-state index contributed by atoms with van der Waals surface area (Å²) in [5.41, 5.74) is 1.09. The van der Waals surface area contributed by atoms with Gasteiger partial charge in [0, 0.05) is 32.2 Å². The van der Waals surface area contributed by atoms with Crippen molar-refractivity contribution < 1.29 is 18.1 Å². The maximum atomic E-state index is 11.4. The van der Waals surface area contributed by atoms with Crippen LogP contribution in [0.5, 0.6) is 0 Å². The molecule has 0 aromatic heterocycles. The zero-order valence-electron chi connectivity index (χ0n) is 15.2. The highest BCUT2D eigenvalue weighted by atomic mass is 32.2. The van der Waals surface area contributed by atoms with Crippen LogP contribution in [0.1, 0.15) is 5.56 Å². The van der Waals surface area contributed by atoms with Crippen molar-refractivity contribution in [3.05, 3.63) is 64.2 Å². The Hall–Kier alpha value is -2.53. The summed E-state index contributed by atoms with van der Waals surface area (Å²) in [5, 5.41) is 19.3. The topological polar surface area (TPSA) is 128 Å². The maximum absolute atomic E-state index is 11.4. The van der Waals surface area contributed by atoms with Gasteiger partial charge in [0.2, 0.25) is 10.0 Å². The Balaban J connectivity index is 1.64. The molecule has 1 fully saturated rings. The molecular weight excluding hydrogens is 384 g/mol. The summed E-state index contributed by atoms with van der Waals surface area (Å²) in [7, 11) is -4.01. The van der Waals surface area contributed by atoms with Crippen LogP contribution in [-0.4, -0.2) is 50.6 Å². The van der Waals surface area contributed by atoms with E-state index in [0.29, 0.717) is 19.7 Å². The van der Waals surface area contributed by atoms with Gasteiger partial charge in [-0.3, -0.25) is 15.0 Å². The molecule has 2 aromatic rings. The molecular formula is C18H22N4O5S. The third kappa shape index (κ3) is 5.26. The van der Waals surface area contributed by atoms with E-state index in [4.69, 9.17) is 9.88 Å². The van der Waals surface area contributed by atoms with Gasteiger partial charge in [0.25, 0.3) is 5.69 Å². The summed E-state index contributed by atoms with van der Waals surface area (Å²) in [4.78, 5) is 12.6. The second-order valence-electron chi connectivity index (χ2n) is 6.58. The summed E-state index contributed by atoms with van der Waals surface area (Å²) in [6, 6.07) is 13.7. The first kappa shape index (κ1) is 20.2. The van der Waals surface area contributed by atoms with E-state index in [1.54, 1.807) is 0 Å². The van der Waals surface area contributed by atoms with E-state index in [2.05, 4.69) is 22.3 Å². The van der Waals surface area contributed by atoms with Crippen molar-refractivity contribution in [1.82, 2.24) is 4.90 Å². The zero-order valence-corrected chi connectivity index (χ0v) is 16.0. The first-order valence-corrected chi connectivity index (χ1v) is 10.3. The fourth-order valence-corrected chi connectivity index (χ4v) is 3.64. The molecule has 10 heteroatoms. The summed E-state index contributed by atoms with van der Waals surface area (Å²) in [6.07, 6.45) is -0.144. The highest BCUT2D eigenvalue weighted by molar-refractivity contribution is 7.89. The van der Waals surface area contributed by atoms with Crippen LogP contribution in [-0.2, 0) is 21.3 Å². The minimum Gasteiger partial charge on any atom is -0.377 e. The van der Waals surface area contributed by atoms with Gasteiger partial charge < -0.3 is 10.1 Å². The van der Waals surface area contributed by atoms with Gasteiger partial charge in [-0.25, -0.2) is 13.6 Å². The van der Waals surface area contributed by atoms with Gasteiger partial charge in [0.1, 0.15) is 5.69 Å². The van der Waals surface area contributed by atoms with Gasteiger partial charge in [0.05, 0.1) is 22.5 Å². The zero-order chi connectivity index (χ0) is 20.1. The number of nitro benzene ring substituents is 1. The molecule has 28 heavy (non-hydrogen) atoms. The predicted octanol–water partition coefficient (Wildman–Crippen LogP) is 1.56. The lowest BCUT2D eigenvalue weighted by atomic mass is 10.2. The quantitative estimate of drug-likeness (QED) is 0.527. The Bertz CT molecular complexity index is 936. The summed E-state index contributed by atoms with van der Waals surface area (Å²) in [6.45, 7) is 3.25. The van der Waals surface area contributed by atoms with Crippen molar-refractivity contribution in [2.75, 3.05) is 31.6 Å². The number of hydrogen-bond acceptors (Lipinski definition) is 7. The Morgan fingerprint density at radius 1 is 1.25 bits per heavy atom. The predicted molar refractivity (Wildman–Crippen MR) is 104 cm³/mol. The molecule has 0 bridgehead atoms. The van der Waals surface area contributed by atoms with Crippen LogP contribution in [0.15, 0.2) is 53.4 Å². The molecule has 0 amide bonds. The van der Waals surface area contributed by atoms with Gasteiger partial charge in [-0.15, -0.1) is 0 Å². The Kier molecular flexibility index (Phi) is 6.25. The molecule has 3 rings (SSSR count). The maximum Gasteiger partial charge on any atom is 0.293 e. The molecule has 1 aliphatic rings. The minimum atomic E-state index is -4.01. The molecule has 2 aromatic carbocycles. The smallest absolute Gasteiger partial charge is 0.293 e. The van der Waals surface area contributed by atoms with Crippen molar-refractivity contribution in [1.29, 1.82) is 0 Å². The number of benzene rings is 2. The average molecular weight is 406 g/mol. The highest BCUT2D eigenvalue weighted by Gasteiger charge is 2.23. The number of nitrogens with one attached hydrogen (secondary N) is 1. The van der Waals surface area contributed by atoms with E-state index >= 15 is 0 Å². The normalized spacial score (nSPS) is 18.0. The molecule has 0 aliphatic carbocycles. The van der Waals surface area contributed by atoms with Crippen LogP contribution in [0, 0.1) is 10.1 Å². The summed E-state index contributed by atoms with van der Waals surface area (Å²) < 4.78 is 28.6. The fraction of sp³-hybridized carbons (Fsp3) is 0.333. The van der Waals surface area contributed by atoms with E-state index in [-0.39, 0.29) is 22.4 Å². The van der Waals surface area contributed by atoms with E-state index in [0.717, 1.165) is 19.2 Å². The van der Waals surface area contributed by atoms with Crippen molar-refractivity contribution >= 4 is 21.4 Å². The molecule has 1 heterocycles. The lowest BCUT2D eigenvalue weighted by Gasteiger charge is -2.33. The average Bonchev–Trinajstić information content (AvgIpc) is 2.66. The van der Waals surface area contributed by atoms with Crippen molar-refractivity contribution in [2.45, 2.75) is 17.5 Å². The third-order valence-electron chi connectivity index (χ3n) is 4.49. The number of morpholine rings is 1. The number of anilines is 1. The van der Waals surface area contributed by atoms with Gasteiger partial charge >= 0.3 is 0 Å². The van der Waals surface area contributed by atoms with Gasteiger partial charge in [-0.05, 0) is 17.7 Å². The van der Waals surface area contributed by atoms with Crippen LogP contribution >= 0.6 is 0 Å². The SMILES string of the molecule is NS(=O)(=O)c1ccc(NCC2CN(Cc3ccccc3)CCO2)c([N+](=O)[O-])c1. The van der Waals surface area contributed by atoms with E-state index < -0.39 is 14.9 Å². The monoisotopic (exact) mass is 406 g/mol. The minimum absolute atomic E-state index is 0.144. The van der Waals surface area contributed by atoms with Crippen molar-refractivity contribution in [3.8, 4) is 0 Å². The molecule has 1 atom stereocenters. The van der Waals surface area contributed by atoms with Crippen LogP contribution in [0.25, 0.3) is 0 Å². The number of nitro groups is 1. The number of rotatable bonds is 7. The third-order valence-corrected chi connectivity index (χ3v) is 5.40. The number of ether oxygens (including phenoxy) is 1. The standard InChI is InChI=1S/C18H22N4O5S/c19-28(25,26)16-6-7-17(18(10-16)22(23)24)20-11-15-13-21(8-9-27-15)12-14-4-2-1-3-5-14/h1-7,10,15,20H,8-9,11-13H2,(H2,19,25,26). The Morgan fingerprint density at radius 2 is 2.00 bits per heavy atom. The molecule has 0 spiro atoms. The molecule has 0 saturated carbocycles. The molecule has 150 valence electrons. The summed E-state index contributed by atoms with van der Waals surface area (Å²) >= 11 is 0. The van der Waals surface area contributed by atoms with E-state index in [1.165, 1.54) is 17.7 Å². The van der Waals surface area contributed by atoms with Gasteiger partial charge in [0.15, 0.2) is 0 Å². The number of nitrogens with zero attached hydrogens (tertiary/aromatic N) is 2. The fourth-order valence-electron chi connectivity index (χ4n) is 3.10. The number of nitrogens with two attached hydrogens (primary N) is 1. The van der Waals surface area contributed by atoms with Crippen LogP contribution < -0.4 is 10.5 Å². The molecule has 1 unspecified atom stereocenters. The van der Waals surface area contributed by atoms with E-state index in [9.17, 15) is 18.5 Å². The second kappa shape index (κ2) is 8.65. The van der Waals surface area contributed by atoms with Gasteiger partial charge in [-0.2, -0.15) is 0 Å². The lowest BCUT2D eigenvalue weighted by molar-refractivity contribution is -0.384. The number of hydrogen-bond donors (Lipinski definition) is 2. The van der Waals surface area contributed by atoms with Crippen LogP contribution in [0.2, 0.25) is 0 Å². The van der Waals surface area contributed by atoms with Crippen LogP contribution in [0.4, 0.5) is 11.4 Å². The second-order valence-corrected chi connectivity index (χ2v) is 8.14. The van der Waals surface area contributed by atoms with Crippen molar-refractivity contribution in [3.63, 3.8) is 0 Å². The largest absolute Gasteiger partial charge is 0.377 e. The first-order chi connectivity index (χ1) is 13.3. The number of sulfonamides is 1. The lowest BCUT2D eigenvalue weighted by Crippen LogP contribution is -2.44. The summed E-state index contributed by atoms with van der Waals surface area (Å²) in [5.74, 6) is 0. The number of primary sulfonamides is 1. The molecule has 3 N–H and O–H groups in total. The van der Waals surface area contributed by atoms with Crippen molar-refractivity contribution in [2.24, 2.45) is 5.14 Å². The van der Waals surface area contributed by atoms with Gasteiger partial charge in [-0.1, -0.05) is 30.3 Å². The Morgan fingerprint density at radius 3 is 2.68 bits per heavy atom. The molecule has 9 nitrogen and oxygen atoms in total.